The molecule has 3 N–H and O–H groups in total. The molecule has 1 aliphatic rings. The van der Waals surface area contributed by atoms with Gasteiger partial charge in [0.05, 0.1) is 11.3 Å². The van der Waals surface area contributed by atoms with E-state index in [1.807, 2.05) is 0 Å². The van der Waals surface area contributed by atoms with E-state index >= 15 is 0 Å². The van der Waals surface area contributed by atoms with Crippen molar-refractivity contribution in [1.29, 1.82) is 0 Å². The number of rotatable bonds is 6. The van der Waals surface area contributed by atoms with Crippen molar-refractivity contribution < 1.29 is 27.9 Å². The molecule has 4 nitrogen and oxygen atoms in total. The van der Waals surface area contributed by atoms with Crippen molar-refractivity contribution in [2.24, 2.45) is 5.92 Å². The Morgan fingerprint density at radius 1 is 1.36 bits per heavy atom. The molecule has 0 aromatic heterocycles. The van der Waals surface area contributed by atoms with Crippen LogP contribution in [0.25, 0.3) is 0 Å². The predicted octanol–water partition coefficient (Wildman–Crippen LogP) is 3.92. The second kappa shape index (κ2) is 6.90. The fraction of sp³-hybridized carbons (Fsp3) is 0.444. The number of nitrogen functional groups attached to an aromatic ring is 1. The number of nitrogens with two attached hydrogens (primary N) is 1. The van der Waals surface area contributed by atoms with Gasteiger partial charge in [-0.3, -0.25) is 4.79 Å². The van der Waals surface area contributed by atoms with Crippen molar-refractivity contribution in [3.05, 3.63) is 40.0 Å². The van der Waals surface area contributed by atoms with Crippen LogP contribution in [0, 0.1) is 24.5 Å². The van der Waals surface area contributed by atoms with E-state index in [2.05, 4.69) is 0 Å². The molecule has 0 spiro atoms. The smallest absolute Gasteiger partial charge is 0.339 e. The molecule has 1 aliphatic carbocycles. The van der Waals surface area contributed by atoms with Gasteiger partial charge in [-0.05, 0) is 49.7 Å². The Morgan fingerprint density at radius 3 is 2.32 bits per heavy atom. The summed E-state index contributed by atoms with van der Waals surface area (Å²) in [7, 11) is 0. The van der Waals surface area contributed by atoms with Gasteiger partial charge in [-0.25, -0.2) is 18.0 Å². The lowest BCUT2D eigenvalue weighted by molar-refractivity contribution is -0.132. The van der Waals surface area contributed by atoms with Crippen LogP contribution in [-0.4, -0.2) is 23.0 Å². The molecule has 7 heteroatoms. The summed E-state index contributed by atoms with van der Waals surface area (Å²) in [5.41, 5.74) is 3.90. The molecule has 1 aromatic carbocycles. The molecular formula is C18H20F3NO3. The maximum Gasteiger partial charge on any atom is 0.339 e. The molecule has 0 saturated heterocycles. The average molecular weight is 355 g/mol. The summed E-state index contributed by atoms with van der Waals surface area (Å²) in [6.45, 7) is 4.38. The van der Waals surface area contributed by atoms with Crippen molar-refractivity contribution in [1.82, 2.24) is 0 Å². The zero-order chi connectivity index (χ0) is 19.0. The number of carbonyl (C=O) groups excluding carboxylic acids is 1. The van der Waals surface area contributed by atoms with Crippen molar-refractivity contribution in [2.75, 3.05) is 5.73 Å². The van der Waals surface area contributed by atoms with Gasteiger partial charge < -0.3 is 10.8 Å². The van der Waals surface area contributed by atoms with Crippen molar-refractivity contribution in [2.45, 2.75) is 45.7 Å². The largest absolute Gasteiger partial charge is 0.478 e. The first-order valence-corrected chi connectivity index (χ1v) is 8.02. The number of hydrogen-bond acceptors (Lipinski definition) is 3. The number of Topliss-reactive ketones (excluding diaryl/α,β-unsaturated/α-hetero) is 1. The Hall–Kier alpha value is -2.31. The monoisotopic (exact) mass is 355 g/mol. The van der Waals surface area contributed by atoms with E-state index in [9.17, 15) is 27.9 Å². The number of allylic oxidation sites excluding steroid dienone is 1. The highest BCUT2D eigenvalue weighted by Gasteiger charge is 2.46. The van der Waals surface area contributed by atoms with Crippen LogP contribution < -0.4 is 5.73 Å². The van der Waals surface area contributed by atoms with E-state index in [1.54, 1.807) is 6.92 Å². The lowest BCUT2D eigenvalue weighted by atomic mass is 9.81. The van der Waals surface area contributed by atoms with Crippen LogP contribution in [-0.2, 0) is 4.79 Å². The minimum atomic E-state index is -1.50. The van der Waals surface area contributed by atoms with Gasteiger partial charge in [0, 0.05) is 0 Å². The number of aliphatic carboxylic acids is 1. The van der Waals surface area contributed by atoms with Gasteiger partial charge in [-0.2, -0.15) is 0 Å². The first kappa shape index (κ1) is 19.0. The Balaban J connectivity index is 2.77. The summed E-state index contributed by atoms with van der Waals surface area (Å²) < 4.78 is 42.0. The van der Waals surface area contributed by atoms with Crippen LogP contribution in [0.3, 0.4) is 0 Å². The molecule has 0 bridgehead atoms. The first-order chi connectivity index (χ1) is 11.7. The number of carbonyl (C=O) groups is 2. The molecule has 1 aromatic rings. The van der Waals surface area contributed by atoms with E-state index in [0.29, 0.717) is 6.42 Å². The number of carboxylic acids is 1. The predicted molar refractivity (Wildman–Crippen MR) is 87.3 cm³/mol. The number of anilines is 1. The SMILES string of the molecule is C/C=C(/C(=O)O)C(=O)c1c(N)c(F)c(F)c(C)c1C(CC)C1C[C@@H]1F. The standard InChI is InChI=1S/C18H20F3NO3/c1-4-8(10-6-11(10)19)12-7(3)14(20)15(21)16(22)13(12)17(23)9(5-2)18(24)25/h5,8,10-11H,4,6,22H2,1-3H3,(H,24,25)/b9-5+/t8?,10?,11-/m0/s1. The molecule has 0 amide bonds. The fourth-order valence-corrected chi connectivity index (χ4v) is 3.36. The Kier molecular flexibility index (Phi) is 5.25. The van der Waals surface area contributed by atoms with Gasteiger partial charge in [-0.1, -0.05) is 13.0 Å². The maximum absolute atomic E-state index is 14.2. The van der Waals surface area contributed by atoms with Crippen LogP contribution >= 0.6 is 0 Å². The highest BCUT2D eigenvalue weighted by atomic mass is 19.2. The van der Waals surface area contributed by atoms with E-state index in [1.165, 1.54) is 13.8 Å². The minimum Gasteiger partial charge on any atom is -0.478 e. The summed E-state index contributed by atoms with van der Waals surface area (Å²) in [6, 6.07) is 0. The Morgan fingerprint density at radius 2 is 1.92 bits per heavy atom. The Bertz CT molecular complexity index is 774. The fourth-order valence-electron chi connectivity index (χ4n) is 3.36. The second-order valence-corrected chi connectivity index (χ2v) is 6.22. The summed E-state index contributed by atoms with van der Waals surface area (Å²) in [4.78, 5) is 24.0. The summed E-state index contributed by atoms with van der Waals surface area (Å²) in [5.74, 6) is -6.05. The van der Waals surface area contributed by atoms with Gasteiger partial charge in [0.15, 0.2) is 11.6 Å². The molecule has 1 saturated carbocycles. The lowest BCUT2D eigenvalue weighted by Crippen LogP contribution is -2.21. The zero-order valence-electron chi connectivity index (χ0n) is 14.2. The van der Waals surface area contributed by atoms with Crippen molar-refractivity contribution >= 4 is 17.4 Å². The third-order valence-electron chi connectivity index (χ3n) is 4.78. The van der Waals surface area contributed by atoms with Crippen molar-refractivity contribution in [3.8, 4) is 0 Å². The third-order valence-corrected chi connectivity index (χ3v) is 4.78. The summed E-state index contributed by atoms with van der Waals surface area (Å²) in [5, 5.41) is 9.18. The topological polar surface area (TPSA) is 80.4 Å². The average Bonchev–Trinajstić information content (AvgIpc) is 3.27. The Labute approximate surface area is 143 Å². The van der Waals surface area contributed by atoms with Crippen LogP contribution in [0.2, 0.25) is 0 Å². The highest BCUT2D eigenvalue weighted by Crippen LogP contribution is 2.50. The zero-order valence-corrected chi connectivity index (χ0v) is 14.2. The highest BCUT2D eigenvalue weighted by molar-refractivity contribution is 6.25. The number of carboxylic acid groups (broad SMARTS) is 1. The lowest BCUT2D eigenvalue weighted by Gasteiger charge is -2.23. The van der Waals surface area contributed by atoms with Crippen molar-refractivity contribution in [3.63, 3.8) is 0 Å². The normalized spacial score (nSPS) is 21.1. The molecule has 2 unspecified atom stereocenters. The minimum absolute atomic E-state index is 0.106. The first-order valence-electron chi connectivity index (χ1n) is 8.02. The molecule has 1 fully saturated rings. The van der Waals surface area contributed by atoms with Crippen LogP contribution in [0.5, 0.6) is 0 Å². The van der Waals surface area contributed by atoms with Gasteiger partial charge in [0.2, 0.25) is 5.78 Å². The number of ketones is 1. The quantitative estimate of drug-likeness (QED) is 0.266. The number of benzene rings is 1. The molecule has 25 heavy (non-hydrogen) atoms. The molecular weight excluding hydrogens is 335 g/mol. The molecule has 136 valence electrons. The van der Waals surface area contributed by atoms with Gasteiger partial charge in [0.1, 0.15) is 11.7 Å². The third kappa shape index (κ3) is 3.15. The van der Waals surface area contributed by atoms with E-state index < -0.39 is 52.7 Å². The summed E-state index contributed by atoms with van der Waals surface area (Å²) >= 11 is 0. The van der Waals surface area contributed by atoms with Crippen LogP contribution in [0.15, 0.2) is 11.6 Å². The molecule has 3 atom stereocenters. The van der Waals surface area contributed by atoms with Gasteiger partial charge >= 0.3 is 5.97 Å². The van der Waals surface area contributed by atoms with E-state index in [-0.39, 0.29) is 23.1 Å². The second-order valence-electron chi connectivity index (χ2n) is 6.22. The molecule has 2 rings (SSSR count). The van der Waals surface area contributed by atoms with E-state index in [4.69, 9.17) is 5.73 Å². The molecule has 0 heterocycles. The number of alkyl halides is 1. The molecule has 0 aliphatic heterocycles. The maximum atomic E-state index is 14.2. The summed E-state index contributed by atoms with van der Waals surface area (Å²) in [6.07, 6.45) is 0.636. The van der Waals surface area contributed by atoms with Gasteiger partial charge in [-0.15, -0.1) is 0 Å². The van der Waals surface area contributed by atoms with Crippen LogP contribution in [0.4, 0.5) is 18.9 Å². The molecule has 0 radical (unpaired) electrons. The van der Waals surface area contributed by atoms with E-state index in [0.717, 1.165) is 6.08 Å². The number of halogens is 3. The van der Waals surface area contributed by atoms with Gasteiger partial charge in [0.25, 0.3) is 0 Å². The number of hydrogen-bond donors (Lipinski definition) is 2. The van der Waals surface area contributed by atoms with Crippen LogP contribution in [0.1, 0.15) is 54.1 Å².